The molecule has 1 unspecified atom stereocenters. The SMILES string of the molecule is CCN(CCc1ccsc1)CC(C)C(N)=S. The fourth-order valence-corrected chi connectivity index (χ4v) is 2.36. The van der Waals surface area contributed by atoms with E-state index in [0.717, 1.165) is 26.1 Å². The molecule has 0 saturated heterocycles. The highest BCUT2D eigenvalue weighted by atomic mass is 32.1. The predicted octanol–water partition coefficient (Wildman–Crippen LogP) is 2.53. The Balaban J connectivity index is 2.34. The zero-order valence-electron chi connectivity index (χ0n) is 9.98. The van der Waals surface area contributed by atoms with Crippen LogP contribution in [0.25, 0.3) is 0 Å². The third-order valence-corrected chi connectivity index (χ3v) is 3.90. The van der Waals surface area contributed by atoms with Crippen LogP contribution < -0.4 is 5.73 Å². The van der Waals surface area contributed by atoms with Crippen molar-refractivity contribution in [2.45, 2.75) is 20.3 Å². The maximum absolute atomic E-state index is 5.64. The Morgan fingerprint density at radius 3 is 2.88 bits per heavy atom. The largest absolute Gasteiger partial charge is 0.393 e. The zero-order chi connectivity index (χ0) is 12.0. The number of nitrogens with zero attached hydrogens (tertiary/aromatic N) is 1. The smallest absolute Gasteiger partial charge is 0.0768 e. The Labute approximate surface area is 107 Å². The summed E-state index contributed by atoms with van der Waals surface area (Å²) in [7, 11) is 0. The minimum Gasteiger partial charge on any atom is -0.393 e. The molecule has 16 heavy (non-hydrogen) atoms. The second-order valence-corrected chi connectivity index (χ2v) is 5.33. The van der Waals surface area contributed by atoms with Crippen molar-refractivity contribution in [3.8, 4) is 0 Å². The van der Waals surface area contributed by atoms with Crippen LogP contribution in [0.3, 0.4) is 0 Å². The second-order valence-electron chi connectivity index (χ2n) is 4.08. The Hall–Kier alpha value is -0.450. The maximum atomic E-state index is 5.64. The molecule has 0 aromatic carbocycles. The quantitative estimate of drug-likeness (QED) is 0.760. The fraction of sp³-hybridized carbons (Fsp3) is 0.583. The third kappa shape index (κ3) is 4.60. The molecule has 4 heteroatoms. The van der Waals surface area contributed by atoms with E-state index in [4.69, 9.17) is 18.0 Å². The molecule has 0 aliphatic heterocycles. The second kappa shape index (κ2) is 6.99. The monoisotopic (exact) mass is 256 g/mol. The van der Waals surface area contributed by atoms with Gasteiger partial charge in [0.25, 0.3) is 0 Å². The van der Waals surface area contributed by atoms with E-state index in [1.54, 1.807) is 11.3 Å². The minimum absolute atomic E-state index is 0.303. The highest BCUT2D eigenvalue weighted by molar-refractivity contribution is 7.80. The molecule has 1 aromatic heterocycles. The average Bonchev–Trinajstić information content (AvgIpc) is 2.76. The summed E-state index contributed by atoms with van der Waals surface area (Å²) in [5.41, 5.74) is 7.06. The van der Waals surface area contributed by atoms with E-state index < -0.39 is 0 Å². The van der Waals surface area contributed by atoms with Gasteiger partial charge in [-0.2, -0.15) is 11.3 Å². The lowest BCUT2D eigenvalue weighted by Crippen LogP contribution is -2.35. The molecule has 1 atom stereocenters. The molecule has 0 spiro atoms. The van der Waals surface area contributed by atoms with E-state index in [1.165, 1.54) is 5.56 Å². The molecule has 90 valence electrons. The molecule has 0 bridgehead atoms. The van der Waals surface area contributed by atoms with Gasteiger partial charge in [-0.25, -0.2) is 0 Å². The van der Waals surface area contributed by atoms with Crippen LogP contribution in [0.2, 0.25) is 0 Å². The number of likely N-dealkylation sites (N-methyl/N-ethyl adjacent to an activating group) is 1. The van der Waals surface area contributed by atoms with Gasteiger partial charge in [-0.15, -0.1) is 0 Å². The fourth-order valence-electron chi connectivity index (χ4n) is 1.58. The summed E-state index contributed by atoms with van der Waals surface area (Å²) in [5, 5.41) is 4.34. The van der Waals surface area contributed by atoms with Gasteiger partial charge < -0.3 is 10.6 Å². The molecule has 0 aliphatic rings. The van der Waals surface area contributed by atoms with E-state index >= 15 is 0 Å². The lowest BCUT2D eigenvalue weighted by molar-refractivity contribution is 0.275. The summed E-state index contributed by atoms with van der Waals surface area (Å²) in [6, 6.07) is 2.19. The minimum atomic E-state index is 0.303. The van der Waals surface area contributed by atoms with E-state index in [0.29, 0.717) is 10.9 Å². The molecule has 0 aliphatic carbocycles. The number of nitrogens with two attached hydrogens (primary N) is 1. The molecular weight excluding hydrogens is 236 g/mol. The van der Waals surface area contributed by atoms with Crippen molar-refractivity contribution in [3.05, 3.63) is 22.4 Å². The van der Waals surface area contributed by atoms with Crippen LogP contribution in [-0.4, -0.2) is 29.5 Å². The van der Waals surface area contributed by atoms with Crippen LogP contribution in [0.15, 0.2) is 16.8 Å². The Kier molecular flexibility index (Phi) is 5.95. The normalized spacial score (nSPS) is 12.9. The van der Waals surface area contributed by atoms with Gasteiger partial charge in [0.2, 0.25) is 0 Å². The highest BCUT2D eigenvalue weighted by Gasteiger charge is 2.10. The van der Waals surface area contributed by atoms with Crippen molar-refractivity contribution in [1.82, 2.24) is 4.90 Å². The standard InChI is InChI=1S/C12H20N2S2/c1-3-14(8-10(2)12(13)15)6-4-11-5-7-16-9-11/h5,7,9-10H,3-4,6,8H2,1-2H3,(H2,13,15). The molecule has 0 radical (unpaired) electrons. The lowest BCUT2D eigenvalue weighted by atomic mass is 10.1. The Bertz CT molecular complexity index is 309. The summed E-state index contributed by atoms with van der Waals surface area (Å²) < 4.78 is 0. The number of thiophene rings is 1. The van der Waals surface area contributed by atoms with Crippen molar-refractivity contribution in [2.24, 2.45) is 11.7 Å². The summed E-state index contributed by atoms with van der Waals surface area (Å²) in [6.45, 7) is 7.38. The van der Waals surface area contributed by atoms with Gasteiger partial charge >= 0.3 is 0 Å². The first-order valence-electron chi connectivity index (χ1n) is 5.66. The van der Waals surface area contributed by atoms with Crippen molar-refractivity contribution in [1.29, 1.82) is 0 Å². The summed E-state index contributed by atoms with van der Waals surface area (Å²) in [5.74, 6) is 0.303. The molecule has 1 heterocycles. The van der Waals surface area contributed by atoms with Gasteiger partial charge in [0.05, 0.1) is 4.99 Å². The highest BCUT2D eigenvalue weighted by Crippen LogP contribution is 2.08. The van der Waals surface area contributed by atoms with Gasteiger partial charge in [0, 0.05) is 19.0 Å². The number of hydrogen-bond donors (Lipinski definition) is 1. The molecule has 0 saturated carbocycles. The van der Waals surface area contributed by atoms with Gasteiger partial charge in [0.15, 0.2) is 0 Å². The van der Waals surface area contributed by atoms with E-state index in [2.05, 4.69) is 35.6 Å². The molecule has 1 aromatic rings. The zero-order valence-corrected chi connectivity index (χ0v) is 11.6. The first-order chi connectivity index (χ1) is 7.63. The number of hydrogen-bond acceptors (Lipinski definition) is 3. The molecule has 0 fully saturated rings. The van der Waals surface area contributed by atoms with E-state index in [1.807, 2.05) is 0 Å². The lowest BCUT2D eigenvalue weighted by Gasteiger charge is -2.23. The van der Waals surface area contributed by atoms with Gasteiger partial charge in [-0.05, 0) is 35.4 Å². The van der Waals surface area contributed by atoms with Crippen LogP contribution in [0.1, 0.15) is 19.4 Å². The van der Waals surface area contributed by atoms with Gasteiger partial charge in [-0.3, -0.25) is 0 Å². The van der Waals surface area contributed by atoms with E-state index in [-0.39, 0.29) is 0 Å². The Morgan fingerprint density at radius 1 is 1.62 bits per heavy atom. The molecule has 0 amide bonds. The maximum Gasteiger partial charge on any atom is 0.0768 e. The van der Waals surface area contributed by atoms with E-state index in [9.17, 15) is 0 Å². The topological polar surface area (TPSA) is 29.3 Å². The van der Waals surface area contributed by atoms with Crippen LogP contribution in [-0.2, 0) is 6.42 Å². The number of rotatable bonds is 7. The first-order valence-corrected chi connectivity index (χ1v) is 7.01. The van der Waals surface area contributed by atoms with Crippen molar-refractivity contribution in [2.75, 3.05) is 19.6 Å². The third-order valence-electron chi connectivity index (χ3n) is 2.76. The summed E-state index contributed by atoms with van der Waals surface area (Å²) in [4.78, 5) is 3.02. The van der Waals surface area contributed by atoms with Crippen molar-refractivity contribution in [3.63, 3.8) is 0 Å². The number of thiocarbonyl (C=S) groups is 1. The first kappa shape index (κ1) is 13.6. The summed E-state index contributed by atoms with van der Waals surface area (Å²) >= 11 is 6.76. The molecular formula is C12H20N2S2. The predicted molar refractivity (Wildman–Crippen MR) is 76.1 cm³/mol. The van der Waals surface area contributed by atoms with Crippen molar-refractivity contribution < 1.29 is 0 Å². The van der Waals surface area contributed by atoms with Crippen LogP contribution in [0, 0.1) is 5.92 Å². The average molecular weight is 256 g/mol. The van der Waals surface area contributed by atoms with Crippen LogP contribution in [0.5, 0.6) is 0 Å². The molecule has 2 N–H and O–H groups in total. The van der Waals surface area contributed by atoms with Crippen LogP contribution in [0.4, 0.5) is 0 Å². The summed E-state index contributed by atoms with van der Waals surface area (Å²) in [6.07, 6.45) is 1.11. The molecule has 2 nitrogen and oxygen atoms in total. The van der Waals surface area contributed by atoms with Crippen LogP contribution >= 0.6 is 23.6 Å². The van der Waals surface area contributed by atoms with Gasteiger partial charge in [-0.1, -0.05) is 26.1 Å². The van der Waals surface area contributed by atoms with Gasteiger partial charge in [0.1, 0.15) is 0 Å². The Morgan fingerprint density at radius 2 is 2.38 bits per heavy atom. The van der Waals surface area contributed by atoms with Crippen molar-refractivity contribution >= 4 is 28.5 Å². The molecule has 1 rings (SSSR count).